The van der Waals surface area contributed by atoms with Crippen LogP contribution in [0.2, 0.25) is 0 Å². The Morgan fingerprint density at radius 1 is 1.31 bits per heavy atom. The zero-order valence-electron chi connectivity index (χ0n) is 24.7. The van der Waals surface area contributed by atoms with Crippen LogP contribution >= 0.6 is 11.8 Å². The minimum atomic E-state index is -2.63. The van der Waals surface area contributed by atoms with Crippen LogP contribution < -0.4 is 5.32 Å². The second kappa shape index (κ2) is 10.5. The number of aliphatic hydroxyl groups excluding tert-OH is 2. The maximum atomic E-state index is 14.2. The van der Waals surface area contributed by atoms with Gasteiger partial charge < -0.3 is 25.4 Å². The summed E-state index contributed by atoms with van der Waals surface area (Å²) in [5.74, 6) is -0.581. The topological polar surface area (TPSA) is 138 Å². The summed E-state index contributed by atoms with van der Waals surface area (Å²) >= 11 is 0.775. The minimum absolute atomic E-state index is 0.00859. The maximum absolute atomic E-state index is 14.2. The normalized spacial score (nSPS) is 32.5. The lowest BCUT2D eigenvalue weighted by atomic mass is 10.1. The van der Waals surface area contributed by atoms with Crippen molar-refractivity contribution < 1.29 is 31.3 Å². The Kier molecular flexibility index (Phi) is 5.77. The second-order valence-corrected chi connectivity index (χ2v) is 9.73. The highest BCUT2D eigenvalue weighted by molar-refractivity contribution is 7.99. The second-order valence-electron chi connectivity index (χ2n) is 8.87. The van der Waals surface area contributed by atoms with Crippen LogP contribution in [0, 0.1) is 12.7 Å². The molecule has 0 bridgehead atoms. The van der Waals surface area contributed by atoms with Crippen LogP contribution in [0.25, 0.3) is 11.2 Å². The van der Waals surface area contributed by atoms with Crippen molar-refractivity contribution in [3.8, 4) is 0 Å². The molecule has 0 spiro atoms. The summed E-state index contributed by atoms with van der Waals surface area (Å²) in [6, 6.07) is 2.70. The first kappa shape index (κ1) is 19.7. The number of benzene rings is 1. The van der Waals surface area contributed by atoms with Gasteiger partial charge in [0.25, 0.3) is 0 Å². The number of aliphatic hydroxyl groups is 3. The van der Waals surface area contributed by atoms with Crippen LogP contribution in [0.5, 0.6) is 0 Å². The van der Waals surface area contributed by atoms with Gasteiger partial charge in [0.1, 0.15) is 18.0 Å². The Labute approximate surface area is 219 Å². The van der Waals surface area contributed by atoms with Crippen molar-refractivity contribution in [3.05, 3.63) is 35.1 Å². The zero-order valence-corrected chi connectivity index (χ0v) is 20.5. The lowest BCUT2D eigenvalue weighted by Crippen LogP contribution is -2.33. The summed E-state index contributed by atoms with van der Waals surface area (Å²) in [6.07, 6.45) is -3.32. The molecule has 0 aliphatic heterocycles. The molecule has 0 radical (unpaired) electrons. The Balaban J connectivity index is 1.48. The third kappa shape index (κ3) is 4.92. The van der Waals surface area contributed by atoms with Gasteiger partial charge in [-0.2, -0.15) is 0 Å². The van der Waals surface area contributed by atoms with E-state index in [1.54, 1.807) is 26.0 Å². The summed E-state index contributed by atoms with van der Waals surface area (Å²) in [5, 5.41) is 42.1. The Bertz CT molecular complexity index is 1450. The number of anilines is 1. The van der Waals surface area contributed by atoms with Gasteiger partial charge in [-0.15, -0.1) is 5.10 Å². The zero-order chi connectivity index (χ0) is 29.9. The first-order chi connectivity index (χ1) is 19.1. The molecule has 0 saturated heterocycles. The lowest BCUT2D eigenvalue weighted by molar-refractivity contribution is -0.0629. The molecule has 2 aliphatic rings. The van der Waals surface area contributed by atoms with Crippen molar-refractivity contribution in [2.45, 2.75) is 74.6 Å². The number of aromatic nitrogens is 5. The predicted molar refractivity (Wildman–Crippen MR) is 133 cm³/mol. The van der Waals surface area contributed by atoms with Crippen LogP contribution in [0.4, 0.5) is 10.2 Å². The summed E-state index contributed by atoms with van der Waals surface area (Å²) in [7, 11) is 0. The van der Waals surface area contributed by atoms with Crippen molar-refractivity contribution >= 4 is 28.7 Å². The molecule has 2 fully saturated rings. The molecule has 194 valence electrons. The van der Waals surface area contributed by atoms with Crippen molar-refractivity contribution in [2.24, 2.45) is 0 Å². The predicted octanol–water partition coefficient (Wildman–Crippen LogP) is 2.18. The molecular formula is C24H31FN6O4S. The first-order valence-electron chi connectivity index (χ1n) is 14.2. The van der Waals surface area contributed by atoms with Crippen molar-refractivity contribution in [1.82, 2.24) is 25.0 Å². The number of nitrogens with zero attached hydrogens (tertiary/aromatic N) is 5. The number of aryl methyl sites for hydroxylation is 1. The number of hydrogen-bond donors (Lipinski definition) is 4. The van der Waals surface area contributed by atoms with Gasteiger partial charge in [-0.05, 0) is 37.0 Å². The number of rotatable bonds is 10. The van der Waals surface area contributed by atoms with Crippen molar-refractivity contribution in [2.75, 3.05) is 24.2 Å². The number of fused-ring (bicyclic) bond motifs is 1. The van der Waals surface area contributed by atoms with Crippen LogP contribution in [-0.4, -0.2) is 83.5 Å². The van der Waals surface area contributed by atoms with Gasteiger partial charge in [0.15, 0.2) is 22.1 Å². The molecule has 1 aromatic carbocycles. The maximum Gasteiger partial charge on any atom is 0.191 e. The van der Waals surface area contributed by atoms with Gasteiger partial charge in [0.05, 0.1) is 29.4 Å². The highest BCUT2D eigenvalue weighted by Crippen LogP contribution is 2.44. The molecule has 2 aromatic heterocycles. The summed E-state index contributed by atoms with van der Waals surface area (Å²) < 4.78 is 60.6. The third-order valence-electron chi connectivity index (χ3n) is 6.45. The average molecular weight is 524 g/mol. The minimum Gasteiger partial charge on any atom is -0.394 e. The van der Waals surface area contributed by atoms with Crippen LogP contribution in [0.1, 0.15) is 56.1 Å². The Hall–Kier alpha value is -2.38. The number of ether oxygens (including phenoxy) is 1. The lowest BCUT2D eigenvalue weighted by Gasteiger charge is -2.17. The largest absolute Gasteiger partial charge is 0.394 e. The van der Waals surface area contributed by atoms with Crippen molar-refractivity contribution in [3.63, 3.8) is 0 Å². The van der Waals surface area contributed by atoms with Gasteiger partial charge in [0.2, 0.25) is 0 Å². The summed E-state index contributed by atoms with van der Waals surface area (Å²) in [4.78, 5) is 8.91. The fourth-order valence-electron chi connectivity index (χ4n) is 4.42. The molecule has 10 nitrogen and oxygen atoms in total. The fraction of sp³-hybridized carbons (Fsp3) is 0.583. The van der Waals surface area contributed by atoms with E-state index in [0.717, 1.165) is 11.8 Å². The molecule has 3 aromatic rings. The molecular weight excluding hydrogens is 487 g/mol. The molecule has 5 rings (SSSR count). The molecule has 2 heterocycles. The monoisotopic (exact) mass is 523 g/mol. The van der Waals surface area contributed by atoms with E-state index in [1.807, 2.05) is 0 Å². The Morgan fingerprint density at radius 2 is 2.14 bits per heavy atom. The number of hydrogen-bond acceptors (Lipinski definition) is 10. The van der Waals surface area contributed by atoms with E-state index in [-0.39, 0.29) is 46.7 Å². The number of thioether (sulfide) groups is 1. The van der Waals surface area contributed by atoms with E-state index in [9.17, 15) is 19.7 Å². The fourth-order valence-corrected chi connectivity index (χ4v) is 4.96. The van der Waals surface area contributed by atoms with E-state index in [4.69, 9.17) is 11.6 Å². The van der Waals surface area contributed by atoms with E-state index in [1.165, 1.54) is 10.7 Å². The number of nitrogens with one attached hydrogen (secondary N) is 1. The molecule has 6 atom stereocenters. The molecule has 4 N–H and O–H groups in total. The van der Waals surface area contributed by atoms with Gasteiger partial charge in [-0.3, -0.25) is 0 Å². The highest BCUT2D eigenvalue weighted by atomic mass is 32.2. The standard InChI is InChI=1S/C24H31FN6O4S/c1-3-8-36-24-27-22(26-16-10-14(16)13-5-4-12(2)15(25)9-13)19-23(28-24)31(30-29-19)17-11-18(35-7-6-32)21(34)20(17)33/h4-5,9,14,16-18,20-21,32-34H,3,6-8,10-11H2,1-2H3,(H,26,27,28)/t14-,16+,17+,18-,20-,21+/m0/s1/i6D2,8D2,16D. The van der Waals surface area contributed by atoms with Crippen LogP contribution in [0.3, 0.4) is 0 Å². The van der Waals surface area contributed by atoms with Gasteiger partial charge >= 0.3 is 0 Å². The quantitative estimate of drug-likeness (QED) is 0.231. The molecule has 2 saturated carbocycles. The molecule has 0 amide bonds. The molecule has 2 aliphatic carbocycles. The molecule has 0 unspecified atom stereocenters. The molecule has 36 heavy (non-hydrogen) atoms. The van der Waals surface area contributed by atoms with E-state index >= 15 is 0 Å². The van der Waals surface area contributed by atoms with Gasteiger partial charge in [-0.1, -0.05) is 36.0 Å². The number of halogens is 1. The summed E-state index contributed by atoms with van der Waals surface area (Å²) in [6.45, 7) is -0.00620. The van der Waals surface area contributed by atoms with Gasteiger partial charge in [0, 0.05) is 26.8 Å². The smallest absolute Gasteiger partial charge is 0.191 e. The van der Waals surface area contributed by atoms with E-state index < -0.39 is 49.2 Å². The van der Waals surface area contributed by atoms with Crippen LogP contribution in [0.15, 0.2) is 23.4 Å². The third-order valence-corrected chi connectivity index (χ3v) is 7.25. The van der Waals surface area contributed by atoms with Crippen LogP contribution in [-0.2, 0) is 4.74 Å². The van der Waals surface area contributed by atoms with E-state index in [0.29, 0.717) is 17.5 Å². The van der Waals surface area contributed by atoms with E-state index in [2.05, 4.69) is 25.6 Å². The SMILES string of the molecule is [2H]C([2H])(O)CO[C@H]1C[C@@H](n2nnc3c(N[C@]4([2H])C[C@H]4c4ccc(C)c(F)c4)nc(SC([2H])([2H])CC)nc32)[C@H](O)[C@@H]1O. The summed E-state index contributed by atoms with van der Waals surface area (Å²) in [5.41, 5.74) is -0.289. The molecule has 12 heteroatoms. The van der Waals surface area contributed by atoms with Gasteiger partial charge in [-0.25, -0.2) is 19.0 Å². The highest BCUT2D eigenvalue weighted by Gasteiger charge is 2.45. The van der Waals surface area contributed by atoms with Crippen molar-refractivity contribution in [1.29, 1.82) is 0 Å². The Morgan fingerprint density at radius 3 is 2.89 bits per heavy atom. The first-order valence-corrected chi connectivity index (χ1v) is 12.5. The average Bonchev–Trinajstić information content (AvgIpc) is 3.22.